The lowest BCUT2D eigenvalue weighted by molar-refractivity contribution is -0.140. The summed E-state index contributed by atoms with van der Waals surface area (Å²) >= 11 is 0. The summed E-state index contributed by atoms with van der Waals surface area (Å²) in [6, 6.07) is 19.7. The molecule has 0 aliphatic carbocycles. The second kappa shape index (κ2) is 10.6. The van der Waals surface area contributed by atoms with Crippen molar-refractivity contribution in [2.24, 2.45) is 0 Å². The fraction of sp³-hybridized carbons (Fsp3) is 0.241. The zero-order chi connectivity index (χ0) is 27.6. The fourth-order valence-corrected chi connectivity index (χ4v) is 4.64. The summed E-state index contributed by atoms with van der Waals surface area (Å²) < 4.78 is 30.1. The SMILES string of the molecule is COc1cc(OC)cc(-c2n[nH]c(C3(CCc4ccccc4)OC(=O)N([C@H](C)c4ccc(F)cc4)C3=O)n2)c1. The number of amides is 2. The van der Waals surface area contributed by atoms with Crippen molar-refractivity contribution in [3.8, 4) is 22.9 Å². The highest BCUT2D eigenvalue weighted by Crippen LogP contribution is 2.41. The molecule has 1 unspecified atom stereocenters. The molecule has 0 saturated carbocycles. The van der Waals surface area contributed by atoms with Crippen LogP contribution in [0.5, 0.6) is 11.5 Å². The number of nitrogens with one attached hydrogen (secondary N) is 1. The van der Waals surface area contributed by atoms with Gasteiger partial charge in [0.15, 0.2) is 11.6 Å². The first-order valence-corrected chi connectivity index (χ1v) is 12.4. The minimum absolute atomic E-state index is 0.0994. The number of methoxy groups -OCH3 is 2. The lowest BCUT2D eigenvalue weighted by Crippen LogP contribution is -2.41. The maximum atomic E-state index is 14.1. The molecule has 0 bridgehead atoms. The van der Waals surface area contributed by atoms with Gasteiger partial charge in [-0.1, -0.05) is 42.5 Å². The highest BCUT2D eigenvalue weighted by Gasteiger charge is 2.58. The predicted molar refractivity (Wildman–Crippen MR) is 140 cm³/mol. The second-order valence-electron chi connectivity index (χ2n) is 9.19. The molecule has 2 amide bonds. The summed E-state index contributed by atoms with van der Waals surface area (Å²) in [6.07, 6.45) is -0.253. The van der Waals surface area contributed by atoms with Gasteiger partial charge < -0.3 is 14.2 Å². The van der Waals surface area contributed by atoms with Gasteiger partial charge in [0.2, 0.25) is 0 Å². The van der Waals surface area contributed by atoms with Crippen molar-refractivity contribution < 1.29 is 28.2 Å². The van der Waals surface area contributed by atoms with E-state index in [0.29, 0.717) is 29.0 Å². The number of carbonyl (C=O) groups is 2. The molecule has 9 nitrogen and oxygen atoms in total. The number of aromatic nitrogens is 3. The van der Waals surface area contributed by atoms with Crippen molar-refractivity contribution in [2.75, 3.05) is 14.2 Å². The molecule has 0 radical (unpaired) electrons. The Morgan fingerprint density at radius 3 is 2.31 bits per heavy atom. The van der Waals surface area contributed by atoms with Gasteiger partial charge in [0.1, 0.15) is 17.3 Å². The van der Waals surface area contributed by atoms with E-state index in [-0.39, 0.29) is 18.1 Å². The van der Waals surface area contributed by atoms with Gasteiger partial charge in [-0.25, -0.2) is 19.1 Å². The number of ether oxygens (including phenoxy) is 3. The van der Waals surface area contributed by atoms with Gasteiger partial charge in [0.25, 0.3) is 11.5 Å². The van der Waals surface area contributed by atoms with E-state index in [1.54, 1.807) is 25.1 Å². The molecule has 2 atom stereocenters. The van der Waals surface area contributed by atoms with E-state index in [1.807, 2.05) is 30.3 Å². The summed E-state index contributed by atoms with van der Waals surface area (Å²) in [7, 11) is 3.07. The first-order valence-electron chi connectivity index (χ1n) is 12.4. The van der Waals surface area contributed by atoms with Gasteiger partial charge in [-0.2, -0.15) is 5.10 Å². The van der Waals surface area contributed by atoms with Gasteiger partial charge in [-0.3, -0.25) is 9.89 Å². The zero-order valence-corrected chi connectivity index (χ0v) is 21.7. The largest absolute Gasteiger partial charge is 0.497 e. The molecular formula is C29H27FN4O5. The number of nitrogens with zero attached hydrogens (tertiary/aromatic N) is 3. The van der Waals surface area contributed by atoms with Crippen LogP contribution in [0.4, 0.5) is 9.18 Å². The lowest BCUT2D eigenvalue weighted by atomic mass is 9.92. The first-order chi connectivity index (χ1) is 18.8. The molecular weight excluding hydrogens is 503 g/mol. The Bertz CT molecular complexity index is 1470. The molecule has 39 heavy (non-hydrogen) atoms. The monoisotopic (exact) mass is 530 g/mol. The highest BCUT2D eigenvalue weighted by atomic mass is 19.1. The Hall–Kier alpha value is -4.73. The molecule has 5 rings (SSSR count). The molecule has 1 saturated heterocycles. The predicted octanol–water partition coefficient (Wildman–Crippen LogP) is 5.20. The van der Waals surface area contributed by atoms with Crippen LogP contribution in [0, 0.1) is 5.82 Å². The molecule has 10 heteroatoms. The topological polar surface area (TPSA) is 107 Å². The third-order valence-corrected chi connectivity index (χ3v) is 6.85. The Morgan fingerprint density at radius 1 is 1.00 bits per heavy atom. The van der Waals surface area contributed by atoms with E-state index in [9.17, 15) is 14.0 Å². The Balaban J connectivity index is 1.54. The summed E-state index contributed by atoms with van der Waals surface area (Å²) in [4.78, 5) is 32.9. The normalized spacial score (nSPS) is 17.7. The van der Waals surface area contributed by atoms with Gasteiger partial charge in [-0.15, -0.1) is 0 Å². The molecule has 1 aromatic heterocycles. The van der Waals surface area contributed by atoms with E-state index >= 15 is 0 Å². The van der Waals surface area contributed by atoms with E-state index in [1.165, 1.54) is 38.5 Å². The maximum Gasteiger partial charge on any atom is 0.418 e. The number of carbonyl (C=O) groups excluding carboxylic acids is 2. The van der Waals surface area contributed by atoms with Gasteiger partial charge in [0, 0.05) is 18.1 Å². The number of aryl methyl sites for hydroxylation is 1. The van der Waals surface area contributed by atoms with Crippen LogP contribution in [-0.2, 0) is 21.6 Å². The number of rotatable bonds is 9. The van der Waals surface area contributed by atoms with Crippen LogP contribution in [0.25, 0.3) is 11.4 Å². The number of H-pyrrole nitrogens is 1. The Labute approximate surface area is 224 Å². The highest BCUT2D eigenvalue weighted by molar-refractivity contribution is 6.03. The summed E-state index contributed by atoms with van der Waals surface area (Å²) in [5, 5.41) is 7.17. The molecule has 0 spiro atoms. The fourth-order valence-electron chi connectivity index (χ4n) is 4.64. The van der Waals surface area contributed by atoms with Crippen LogP contribution in [0.2, 0.25) is 0 Å². The standard InChI is InChI=1S/C29H27FN4O5/c1-18(20-9-11-22(30)12-10-20)34-27(35)29(39-28(34)36,14-13-19-7-5-4-6-8-19)26-31-25(32-33-26)21-15-23(37-2)17-24(16-21)38-3/h4-12,15-18H,13-14H2,1-3H3,(H,31,32,33)/t18-,29?/m1/s1. The quantitative estimate of drug-likeness (QED) is 0.317. The Kier molecular flexibility index (Phi) is 7.02. The van der Waals surface area contributed by atoms with Crippen molar-refractivity contribution >= 4 is 12.0 Å². The molecule has 4 aromatic rings. The first kappa shape index (κ1) is 25.9. The number of benzene rings is 3. The Morgan fingerprint density at radius 2 is 1.67 bits per heavy atom. The molecule has 2 heterocycles. The maximum absolute atomic E-state index is 14.1. The number of aromatic amines is 1. The van der Waals surface area contributed by atoms with Gasteiger partial charge >= 0.3 is 6.09 Å². The van der Waals surface area contributed by atoms with Crippen molar-refractivity contribution in [1.29, 1.82) is 0 Å². The van der Waals surface area contributed by atoms with Crippen molar-refractivity contribution in [2.45, 2.75) is 31.4 Å². The summed E-state index contributed by atoms with van der Waals surface area (Å²) in [6.45, 7) is 1.69. The van der Waals surface area contributed by atoms with Gasteiger partial charge in [-0.05, 0) is 48.7 Å². The van der Waals surface area contributed by atoms with Crippen LogP contribution in [0.3, 0.4) is 0 Å². The van der Waals surface area contributed by atoms with Crippen LogP contribution < -0.4 is 9.47 Å². The van der Waals surface area contributed by atoms with Crippen molar-refractivity contribution in [1.82, 2.24) is 20.1 Å². The van der Waals surface area contributed by atoms with E-state index in [2.05, 4.69) is 15.2 Å². The minimum Gasteiger partial charge on any atom is -0.497 e. The van der Waals surface area contributed by atoms with Crippen molar-refractivity contribution in [3.63, 3.8) is 0 Å². The zero-order valence-electron chi connectivity index (χ0n) is 21.7. The van der Waals surface area contributed by atoms with Crippen LogP contribution in [-0.4, -0.2) is 46.3 Å². The molecule has 200 valence electrons. The average Bonchev–Trinajstić information content (AvgIpc) is 3.55. The third kappa shape index (κ3) is 4.93. The molecule has 1 fully saturated rings. The number of hydrogen-bond acceptors (Lipinski definition) is 7. The number of halogens is 1. The molecule has 1 aliphatic heterocycles. The van der Waals surface area contributed by atoms with E-state index in [0.717, 1.165) is 10.5 Å². The van der Waals surface area contributed by atoms with Crippen molar-refractivity contribution in [3.05, 3.63) is 95.6 Å². The average molecular weight is 531 g/mol. The molecule has 3 aromatic carbocycles. The second-order valence-corrected chi connectivity index (χ2v) is 9.19. The summed E-state index contributed by atoms with van der Waals surface area (Å²) in [5.74, 6) is 0.458. The van der Waals surface area contributed by atoms with Crippen LogP contribution >= 0.6 is 0 Å². The summed E-state index contributed by atoms with van der Waals surface area (Å²) in [5.41, 5.74) is 0.389. The van der Waals surface area contributed by atoms with Crippen LogP contribution in [0.15, 0.2) is 72.8 Å². The third-order valence-electron chi connectivity index (χ3n) is 6.85. The molecule has 1 aliphatic rings. The van der Waals surface area contributed by atoms with E-state index in [4.69, 9.17) is 14.2 Å². The number of cyclic esters (lactones) is 1. The number of imide groups is 1. The van der Waals surface area contributed by atoms with E-state index < -0.39 is 29.5 Å². The smallest absolute Gasteiger partial charge is 0.418 e. The lowest BCUT2D eigenvalue weighted by Gasteiger charge is -2.24. The minimum atomic E-state index is -1.74. The number of hydrogen-bond donors (Lipinski definition) is 1. The van der Waals surface area contributed by atoms with Crippen LogP contribution in [0.1, 0.15) is 36.3 Å². The van der Waals surface area contributed by atoms with Gasteiger partial charge in [0.05, 0.1) is 20.3 Å². The molecule has 1 N–H and O–H groups in total.